The highest BCUT2D eigenvalue weighted by Crippen LogP contribution is 2.34. The lowest BCUT2D eigenvalue weighted by atomic mass is 10.1. The molecule has 0 spiro atoms. The van der Waals surface area contributed by atoms with Crippen LogP contribution in [0, 0.1) is 6.92 Å². The molecule has 7 nitrogen and oxygen atoms in total. The summed E-state index contributed by atoms with van der Waals surface area (Å²) in [5, 5.41) is 3.51. The summed E-state index contributed by atoms with van der Waals surface area (Å²) < 4.78 is 10.2. The average Bonchev–Trinajstić information content (AvgIpc) is 3.08. The third-order valence-electron chi connectivity index (χ3n) is 5.36. The molecule has 8 heteroatoms. The van der Waals surface area contributed by atoms with Crippen molar-refractivity contribution in [3.63, 3.8) is 0 Å². The number of thiophene rings is 1. The number of carbonyl (C=O) groups is 2. The number of hydrogen-bond donors (Lipinski definition) is 1. The van der Waals surface area contributed by atoms with Gasteiger partial charge in [-0.25, -0.2) is 4.79 Å². The molecule has 1 fully saturated rings. The van der Waals surface area contributed by atoms with E-state index in [1.807, 2.05) is 32.0 Å². The van der Waals surface area contributed by atoms with Gasteiger partial charge in [-0.3, -0.25) is 9.69 Å². The smallest absolute Gasteiger partial charge is 0.341 e. The quantitative estimate of drug-likeness (QED) is 0.679. The van der Waals surface area contributed by atoms with Gasteiger partial charge in [0.1, 0.15) is 10.8 Å². The van der Waals surface area contributed by atoms with E-state index in [2.05, 4.69) is 21.2 Å². The second kappa shape index (κ2) is 9.95. The van der Waals surface area contributed by atoms with Crippen LogP contribution in [0.3, 0.4) is 0 Å². The Hall–Kier alpha value is -2.58. The molecule has 162 valence electrons. The Morgan fingerprint density at radius 1 is 1.17 bits per heavy atom. The third kappa shape index (κ3) is 4.94. The van der Waals surface area contributed by atoms with E-state index in [-0.39, 0.29) is 5.91 Å². The Kier molecular flexibility index (Phi) is 7.33. The summed E-state index contributed by atoms with van der Waals surface area (Å²) in [5.74, 6) is 0.325. The molecule has 2 aromatic rings. The molecule has 1 aromatic heterocycles. The fourth-order valence-electron chi connectivity index (χ4n) is 3.75. The number of aryl methyl sites for hydroxylation is 1. The Morgan fingerprint density at radius 2 is 1.90 bits per heavy atom. The second-order valence-corrected chi connectivity index (χ2v) is 8.42. The van der Waals surface area contributed by atoms with E-state index in [1.54, 1.807) is 7.11 Å². The Balaban J connectivity index is 1.58. The molecule has 1 saturated heterocycles. The van der Waals surface area contributed by atoms with Crippen LogP contribution in [0.25, 0.3) is 0 Å². The fraction of sp³-hybridized carbons (Fsp3) is 0.455. The number of anilines is 2. The van der Waals surface area contributed by atoms with Crippen LogP contribution in [0.15, 0.2) is 24.3 Å². The monoisotopic (exact) mass is 431 g/mol. The standard InChI is InChI=1S/C22H29N3O4S/c1-5-18-15(2)30-21(20(18)22(27)29-4)23-19(26)14-24-9-11-25(12-10-24)16-7-6-8-17(13-16)28-3/h6-8,13H,5,9-12,14H2,1-4H3,(H,23,26). The number of rotatable bonds is 7. The minimum atomic E-state index is -0.404. The number of carbonyl (C=O) groups excluding carboxylic acids is 2. The van der Waals surface area contributed by atoms with E-state index in [0.29, 0.717) is 17.1 Å². The molecule has 1 aliphatic heterocycles. The summed E-state index contributed by atoms with van der Waals surface area (Å²) in [6.07, 6.45) is 0.717. The lowest BCUT2D eigenvalue weighted by Crippen LogP contribution is -2.48. The highest BCUT2D eigenvalue weighted by atomic mass is 32.1. The highest BCUT2D eigenvalue weighted by molar-refractivity contribution is 7.16. The van der Waals surface area contributed by atoms with Gasteiger partial charge in [-0.1, -0.05) is 13.0 Å². The Bertz CT molecular complexity index is 904. The first-order valence-corrected chi connectivity index (χ1v) is 10.9. The fourth-order valence-corrected chi connectivity index (χ4v) is 4.90. The number of amides is 1. The van der Waals surface area contributed by atoms with Crippen LogP contribution in [-0.4, -0.2) is 63.7 Å². The molecular weight excluding hydrogens is 402 g/mol. The van der Waals surface area contributed by atoms with Crippen molar-refractivity contribution >= 4 is 33.9 Å². The molecule has 1 aromatic carbocycles. The molecule has 0 saturated carbocycles. The molecule has 0 aliphatic carbocycles. The predicted molar refractivity (Wildman–Crippen MR) is 120 cm³/mol. The normalized spacial score (nSPS) is 14.5. The number of nitrogens with one attached hydrogen (secondary N) is 1. The van der Waals surface area contributed by atoms with Crippen molar-refractivity contribution in [3.8, 4) is 5.75 Å². The average molecular weight is 432 g/mol. The van der Waals surface area contributed by atoms with E-state index < -0.39 is 5.97 Å². The third-order valence-corrected chi connectivity index (χ3v) is 6.43. The summed E-state index contributed by atoms with van der Waals surface area (Å²) in [6, 6.07) is 8.02. The van der Waals surface area contributed by atoms with Gasteiger partial charge in [-0.15, -0.1) is 11.3 Å². The molecule has 0 bridgehead atoms. The van der Waals surface area contributed by atoms with Crippen molar-refractivity contribution < 1.29 is 19.1 Å². The van der Waals surface area contributed by atoms with E-state index >= 15 is 0 Å². The van der Waals surface area contributed by atoms with Gasteiger partial charge >= 0.3 is 5.97 Å². The molecule has 3 rings (SSSR count). The van der Waals surface area contributed by atoms with E-state index in [0.717, 1.165) is 54.5 Å². The maximum Gasteiger partial charge on any atom is 0.341 e. The first-order valence-electron chi connectivity index (χ1n) is 10.1. The molecule has 2 heterocycles. The molecule has 30 heavy (non-hydrogen) atoms. The van der Waals surface area contributed by atoms with Crippen molar-refractivity contribution in [1.82, 2.24) is 4.90 Å². The molecular formula is C22H29N3O4S. The van der Waals surface area contributed by atoms with Gasteiger partial charge in [0, 0.05) is 42.8 Å². The minimum absolute atomic E-state index is 0.112. The number of piperazine rings is 1. The van der Waals surface area contributed by atoms with Crippen LogP contribution in [-0.2, 0) is 16.0 Å². The zero-order valence-electron chi connectivity index (χ0n) is 18.0. The van der Waals surface area contributed by atoms with Gasteiger partial charge < -0.3 is 19.7 Å². The van der Waals surface area contributed by atoms with Crippen LogP contribution in [0.2, 0.25) is 0 Å². The lowest BCUT2D eigenvalue weighted by Gasteiger charge is -2.35. The summed E-state index contributed by atoms with van der Waals surface area (Å²) in [4.78, 5) is 30.3. The molecule has 1 N–H and O–H groups in total. The molecule has 0 radical (unpaired) electrons. The predicted octanol–water partition coefficient (Wildman–Crippen LogP) is 3.17. The van der Waals surface area contributed by atoms with Crippen LogP contribution in [0.4, 0.5) is 10.7 Å². The van der Waals surface area contributed by atoms with Crippen LogP contribution >= 0.6 is 11.3 Å². The first kappa shape index (κ1) is 22.1. The molecule has 0 unspecified atom stereocenters. The lowest BCUT2D eigenvalue weighted by molar-refractivity contribution is -0.117. The summed E-state index contributed by atoms with van der Waals surface area (Å²) in [7, 11) is 3.03. The van der Waals surface area contributed by atoms with Crippen LogP contribution in [0.5, 0.6) is 5.75 Å². The molecule has 0 atom stereocenters. The maximum atomic E-state index is 12.7. The van der Waals surface area contributed by atoms with Gasteiger partial charge in [0.05, 0.1) is 26.3 Å². The van der Waals surface area contributed by atoms with E-state index in [4.69, 9.17) is 9.47 Å². The second-order valence-electron chi connectivity index (χ2n) is 7.20. The number of benzene rings is 1. The number of nitrogens with zero attached hydrogens (tertiary/aromatic N) is 2. The summed E-state index contributed by atoms with van der Waals surface area (Å²) in [5.41, 5.74) is 2.55. The van der Waals surface area contributed by atoms with Crippen LogP contribution in [0.1, 0.15) is 27.7 Å². The zero-order chi connectivity index (χ0) is 21.7. The van der Waals surface area contributed by atoms with Gasteiger partial charge in [-0.2, -0.15) is 0 Å². The maximum absolute atomic E-state index is 12.7. The van der Waals surface area contributed by atoms with Gasteiger partial charge in [-0.05, 0) is 31.0 Å². The molecule has 1 aliphatic rings. The molecule has 1 amide bonds. The highest BCUT2D eigenvalue weighted by Gasteiger charge is 2.24. The number of ether oxygens (including phenoxy) is 2. The summed E-state index contributed by atoms with van der Waals surface area (Å²) >= 11 is 1.43. The topological polar surface area (TPSA) is 71.1 Å². The number of methoxy groups -OCH3 is 2. The number of hydrogen-bond acceptors (Lipinski definition) is 7. The SMILES string of the molecule is CCc1c(C)sc(NC(=O)CN2CCN(c3cccc(OC)c3)CC2)c1C(=O)OC. The zero-order valence-corrected chi connectivity index (χ0v) is 18.8. The van der Waals surface area contributed by atoms with Gasteiger partial charge in [0.25, 0.3) is 0 Å². The van der Waals surface area contributed by atoms with Crippen LogP contribution < -0.4 is 15.0 Å². The van der Waals surface area contributed by atoms with Crippen molar-refractivity contribution in [2.45, 2.75) is 20.3 Å². The van der Waals surface area contributed by atoms with E-state index in [1.165, 1.54) is 18.4 Å². The van der Waals surface area contributed by atoms with Crippen molar-refractivity contribution in [2.75, 3.05) is 57.2 Å². The minimum Gasteiger partial charge on any atom is -0.497 e. The van der Waals surface area contributed by atoms with Crippen molar-refractivity contribution in [1.29, 1.82) is 0 Å². The Morgan fingerprint density at radius 3 is 2.53 bits per heavy atom. The van der Waals surface area contributed by atoms with Gasteiger partial charge in [0.2, 0.25) is 5.91 Å². The Labute approximate surface area is 181 Å². The number of esters is 1. The van der Waals surface area contributed by atoms with Crippen molar-refractivity contribution in [3.05, 3.63) is 40.3 Å². The van der Waals surface area contributed by atoms with Crippen molar-refractivity contribution in [2.24, 2.45) is 0 Å². The summed E-state index contributed by atoms with van der Waals surface area (Å²) in [6.45, 7) is 7.51. The van der Waals surface area contributed by atoms with Gasteiger partial charge in [0.15, 0.2) is 0 Å². The largest absolute Gasteiger partial charge is 0.497 e. The first-order chi connectivity index (χ1) is 14.5. The van der Waals surface area contributed by atoms with E-state index in [9.17, 15) is 9.59 Å².